The highest BCUT2D eigenvalue weighted by atomic mass is 16.4. The van der Waals surface area contributed by atoms with Crippen molar-refractivity contribution in [2.75, 3.05) is 0 Å². The lowest BCUT2D eigenvalue weighted by molar-refractivity contribution is -0.139. The van der Waals surface area contributed by atoms with Gasteiger partial charge in [-0.1, -0.05) is 48.5 Å². The molecule has 0 spiro atoms. The van der Waals surface area contributed by atoms with E-state index in [0.717, 1.165) is 5.56 Å². The molecule has 0 aliphatic heterocycles. The van der Waals surface area contributed by atoms with Gasteiger partial charge in [0, 0.05) is 12.1 Å². The van der Waals surface area contributed by atoms with Crippen molar-refractivity contribution in [3.63, 3.8) is 0 Å². The topological polar surface area (TPSA) is 69.6 Å². The highest BCUT2D eigenvalue weighted by molar-refractivity contribution is 5.73. The summed E-state index contributed by atoms with van der Waals surface area (Å²) in [6.07, 6.45) is 0.407. The van der Waals surface area contributed by atoms with Crippen LogP contribution in [0.1, 0.15) is 11.1 Å². The molecule has 0 amide bonds. The molecule has 0 saturated carbocycles. The van der Waals surface area contributed by atoms with Crippen LogP contribution in [-0.4, -0.2) is 22.2 Å². The molecule has 1 atom stereocenters. The van der Waals surface area contributed by atoms with E-state index in [0.29, 0.717) is 18.5 Å². The number of carboxylic acid groups (broad SMARTS) is 1. The summed E-state index contributed by atoms with van der Waals surface area (Å²) in [4.78, 5) is 11.3. The summed E-state index contributed by atoms with van der Waals surface area (Å²) >= 11 is 0. The van der Waals surface area contributed by atoms with Gasteiger partial charge in [-0.2, -0.15) is 0 Å². The summed E-state index contributed by atoms with van der Waals surface area (Å²) in [7, 11) is 0. The van der Waals surface area contributed by atoms with E-state index in [1.165, 1.54) is 0 Å². The van der Waals surface area contributed by atoms with Crippen molar-refractivity contribution in [3.8, 4) is 5.75 Å². The number of phenolic OH excluding ortho intramolecular Hbond substituents is 1. The molecule has 2 rings (SSSR count). The van der Waals surface area contributed by atoms with Gasteiger partial charge in [-0.15, -0.1) is 0 Å². The van der Waals surface area contributed by atoms with Crippen LogP contribution in [0.25, 0.3) is 0 Å². The first-order chi connectivity index (χ1) is 9.66. The first kappa shape index (κ1) is 14.1. The maximum atomic E-state index is 11.3. The van der Waals surface area contributed by atoms with Crippen molar-refractivity contribution < 1.29 is 15.0 Å². The van der Waals surface area contributed by atoms with Crippen molar-refractivity contribution in [1.29, 1.82) is 0 Å². The number of nitrogens with one attached hydrogen (secondary N) is 1. The van der Waals surface area contributed by atoms with Gasteiger partial charge in [0.2, 0.25) is 0 Å². The first-order valence-electron chi connectivity index (χ1n) is 6.44. The third kappa shape index (κ3) is 3.83. The fourth-order valence-corrected chi connectivity index (χ4v) is 1.99. The standard InChI is InChI=1S/C16H17NO3/c18-15-9-5-4-8-13(15)11-17-14(16(19)20)10-12-6-2-1-3-7-12/h1-9,14,17-18H,10-11H2,(H,19,20). The normalized spacial score (nSPS) is 12.0. The van der Waals surface area contributed by atoms with Crippen LogP contribution in [0.3, 0.4) is 0 Å². The minimum absolute atomic E-state index is 0.170. The van der Waals surface area contributed by atoms with Crippen molar-refractivity contribution in [1.82, 2.24) is 5.32 Å². The van der Waals surface area contributed by atoms with Crippen LogP contribution in [0.15, 0.2) is 54.6 Å². The Labute approximate surface area is 117 Å². The maximum absolute atomic E-state index is 11.3. The first-order valence-corrected chi connectivity index (χ1v) is 6.44. The Hall–Kier alpha value is -2.33. The van der Waals surface area contributed by atoms with E-state index in [-0.39, 0.29) is 5.75 Å². The van der Waals surface area contributed by atoms with E-state index < -0.39 is 12.0 Å². The predicted octanol–water partition coefficient (Wildman–Crippen LogP) is 2.18. The van der Waals surface area contributed by atoms with Crippen molar-refractivity contribution in [2.45, 2.75) is 19.0 Å². The molecule has 4 nitrogen and oxygen atoms in total. The largest absolute Gasteiger partial charge is 0.508 e. The second kappa shape index (κ2) is 6.73. The average Bonchev–Trinajstić information content (AvgIpc) is 2.46. The number of phenols is 1. The number of aliphatic carboxylic acids is 1. The molecule has 0 heterocycles. The van der Waals surface area contributed by atoms with Gasteiger partial charge in [-0.3, -0.25) is 10.1 Å². The van der Waals surface area contributed by atoms with Gasteiger partial charge in [-0.25, -0.2) is 0 Å². The molecular formula is C16H17NO3. The zero-order chi connectivity index (χ0) is 14.4. The van der Waals surface area contributed by atoms with Gasteiger partial charge in [0.05, 0.1) is 0 Å². The molecular weight excluding hydrogens is 254 g/mol. The molecule has 20 heavy (non-hydrogen) atoms. The molecule has 2 aromatic carbocycles. The van der Waals surface area contributed by atoms with E-state index in [2.05, 4.69) is 5.32 Å². The molecule has 0 aliphatic carbocycles. The highest BCUT2D eigenvalue weighted by Gasteiger charge is 2.17. The third-order valence-corrected chi connectivity index (χ3v) is 3.11. The van der Waals surface area contributed by atoms with E-state index >= 15 is 0 Å². The minimum Gasteiger partial charge on any atom is -0.508 e. The molecule has 1 unspecified atom stereocenters. The smallest absolute Gasteiger partial charge is 0.321 e. The second-order valence-corrected chi connectivity index (χ2v) is 4.59. The number of benzene rings is 2. The summed E-state index contributed by atoms with van der Waals surface area (Å²) in [5.41, 5.74) is 1.65. The van der Waals surface area contributed by atoms with Crippen LogP contribution < -0.4 is 5.32 Å². The highest BCUT2D eigenvalue weighted by Crippen LogP contribution is 2.15. The van der Waals surface area contributed by atoms with Crippen LogP contribution in [0.2, 0.25) is 0 Å². The number of rotatable bonds is 6. The van der Waals surface area contributed by atoms with Gasteiger partial charge in [-0.05, 0) is 18.1 Å². The second-order valence-electron chi connectivity index (χ2n) is 4.59. The Bertz CT molecular complexity index is 569. The van der Waals surface area contributed by atoms with Crippen LogP contribution in [-0.2, 0) is 17.8 Å². The average molecular weight is 271 g/mol. The molecule has 104 valence electrons. The van der Waals surface area contributed by atoms with Gasteiger partial charge in [0.15, 0.2) is 0 Å². The zero-order valence-electron chi connectivity index (χ0n) is 11.0. The monoisotopic (exact) mass is 271 g/mol. The lowest BCUT2D eigenvalue weighted by Gasteiger charge is -2.15. The van der Waals surface area contributed by atoms with Crippen molar-refractivity contribution >= 4 is 5.97 Å². The number of carbonyl (C=O) groups is 1. The van der Waals surface area contributed by atoms with Crippen LogP contribution in [0.4, 0.5) is 0 Å². The van der Waals surface area contributed by atoms with Gasteiger partial charge in [0.25, 0.3) is 0 Å². The summed E-state index contributed by atoms with van der Waals surface area (Å²) in [6, 6.07) is 15.7. The molecule has 3 N–H and O–H groups in total. The predicted molar refractivity (Wildman–Crippen MR) is 76.5 cm³/mol. The minimum atomic E-state index is -0.899. The van der Waals surface area contributed by atoms with Gasteiger partial charge >= 0.3 is 5.97 Å². The molecule has 0 aromatic heterocycles. The van der Waals surface area contributed by atoms with Crippen LogP contribution in [0, 0.1) is 0 Å². The lowest BCUT2D eigenvalue weighted by atomic mass is 10.1. The fourth-order valence-electron chi connectivity index (χ4n) is 1.99. The van der Waals surface area contributed by atoms with E-state index in [1.54, 1.807) is 18.2 Å². The quantitative estimate of drug-likeness (QED) is 0.753. The molecule has 0 saturated heterocycles. The Kier molecular flexibility index (Phi) is 4.74. The summed E-state index contributed by atoms with van der Waals surface area (Å²) in [5.74, 6) is -0.729. The molecule has 2 aromatic rings. The molecule has 0 fully saturated rings. The SMILES string of the molecule is O=C(O)C(Cc1ccccc1)NCc1ccccc1O. The molecule has 0 bridgehead atoms. The zero-order valence-corrected chi connectivity index (χ0v) is 11.0. The Morgan fingerprint density at radius 3 is 2.35 bits per heavy atom. The Balaban J connectivity index is 2.00. The Morgan fingerprint density at radius 1 is 1.05 bits per heavy atom. The van der Waals surface area contributed by atoms with E-state index in [9.17, 15) is 15.0 Å². The van der Waals surface area contributed by atoms with Crippen molar-refractivity contribution in [2.24, 2.45) is 0 Å². The van der Waals surface area contributed by atoms with E-state index in [1.807, 2.05) is 36.4 Å². The Morgan fingerprint density at radius 2 is 1.70 bits per heavy atom. The van der Waals surface area contributed by atoms with Gasteiger partial charge in [0.1, 0.15) is 11.8 Å². The lowest BCUT2D eigenvalue weighted by Crippen LogP contribution is -2.38. The number of carboxylic acids is 1. The summed E-state index contributed by atoms with van der Waals surface area (Å²) in [5, 5.41) is 21.9. The fraction of sp³-hybridized carbons (Fsp3) is 0.188. The number of hydrogen-bond donors (Lipinski definition) is 3. The van der Waals surface area contributed by atoms with Gasteiger partial charge < -0.3 is 10.2 Å². The van der Waals surface area contributed by atoms with Crippen molar-refractivity contribution in [3.05, 3.63) is 65.7 Å². The number of hydrogen-bond acceptors (Lipinski definition) is 3. The number of aromatic hydroxyl groups is 1. The van der Waals surface area contributed by atoms with Crippen LogP contribution in [0.5, 0.6) is 5.75 Å². The third-order valence-electron chi connectivity index (χ3n) is 3.11. The van der Waals surface area contributed by atoms with E-state index in [4.69, 9.17) is 0 Å². The van der Waals surface area contributed by atoms with Crippen LogP contribution >= 0.6 is 0 Å². The number of para-hydroxylation sites is 1. The molecule has 0 aliphatic rings. The summed E-state index contributed by atoms with van der Waals surface area (Å²) < 4.78 is 0. The molecule has 0 radical (unpaired) electrons. The summed E-state index contributed by atoms with van der Waals surface area (Å²) in [6.45, 7) is 0.316. The maximum Gasteiger partial charge on any atom is 0.321 e. The molecule has 4 heteroatoms.